The fourth-order valence-corrected chi connectivity index (χ4v) is 7.95. The van der Waals surface area contributed by atoms with E-state index in [1.165, 1.54) is 35.4 Å². The molecule has 0 aliphatic carbocycles. The van der Waals surface area contributed by atoms with E-state index in [1.807, 2.05) is 4.90 Å². The van der Waals surface area contributed by atoms with E-state index in [-0.39, 0.29) is 76.9 Å². The summed E-state index contributed by atoms with van der Waals surface area (Å²) in [5.41, 5.74) is -1.52. The Labute approximate surface area is 288 Å². The molecule has 3 saturated heterocycles. The molecule has 2 aromatic carbocycles. The van der Waals surface area contributed by atoms with Crippen molar-refractivity contribution in [3.63, 3.8) is 0 Å². The van der Waals surface area contributed by atoms with E-state index in [2.05, 4.69) is 20.8 Å². The molecule has 3 atom stereocenters. The third kappa shape index (κ3) is 6.00. The highest BCUT2D eigenvalue weighted by Gasteiger charge is 2.50. The highest BCUT2D eigenvalue weighted by atomic mass is 19.1. The van der Waals surface area contributed by atoms with Crippen LogP contribution in [0.1, 0.15) is 51.0 Å². The van der Waals surface area contributed by atoms with Gasteiger partial charge in [-0.2, -0.15) is 9.97 Å². The molecule has 2 N–H and O–H groups in total. The maximum atomic E-state index is 16.9. The van der Waals surface area contributed by atoms with Gasteiger partial charge in [0.1, 0.15) is 41.8 Å². The van der Waals surface area contributed by atoms with Crippen LogP contribution in [0.5, 0.6) is 11.8 Å². The number of rotatable bonds is 7. The molecule has 2 aromatic heterocycles. The van der Waals surface area contributed by atoms with Crippen molar-refractivity contribution in [2.24, 2.45) is 0 Å². The van der Waals surface area contributed by atoms with Gasteiger partial charge in [-0.1, -0.05) is 12.0 Å². The number of carbonyl (C=O) groups is 1. The first-order valence-electron chi connectivity index (χ1n) is 16.9. The van der Waals surface area contributed by atoms with Crippen LogP contribution in [0.2, 0.25) is 0 Å². The van der Waals surface area contributed by atoms with Gasteiger partial charge >= 0.3 is 12.1 Å². The molecule has 5 heterocycles. The van der Waals surface area contributed by atoms with Crippen molar-refractivity contribution in [3.05, 3.63) is 47.7 Å². The summed E-state index contributed by atoms with van der Waals surface area (Å²) in [5, 5.41) is 22.5. The molecule has 3 aliphatic heterocycles. The zero-order chi connectivity index (χ0) is 35.4. The van der Waals surface area contributed by atoms with Crippen LogP contribution in [0.4, 0.5) is 19.4 Å². The number of phenols is 1. The number of amides is 1. The third-order valence-corrected chi connectivity index (χ3v) is 10.3. The molecule has 7 rings (SSSR count). The van der Waals surface area contributed by atoms with Gasteiger partial charge in [0.25, 0.3) is 0 Å². The average molecular weight is 687 g/mol. The molecule has 1 amide bonds. The van der Waals surface area contributed by atoms with Gasteiger partial charge in [0, 0.05) is 50.4 Å². The zero-order valence-corrected chi connectivity index (χ0v) is 28.4. The van der Waals surface area contributed by atoms with Crippen LogP contribution in [0, 0.1) is 24.0 Å². The maximum Gasteiger partial charge on any atom is 0.409 e. The number of pyridine rings is 1. The number of aliphatic hydroxyl groups is 1. The average Bonchev–Trinajstić information content (AvgIpc) is 3.65. The van der Waals surface area contributed by atoms with E-state index in [1.54, 1.807) is 21.0 Å². The zero-order valence-electron chi connectivity index (χ0n) is 28.4. The summed E-state index contributed by atoms with van der Waals surface area (Å²) < 4.78 is 43.7. The summed E-state index contributed by atoms with van der Waals surface area (Å²) in [4.78, 5) is 31.6. The van der Waals surface area contributed by atoms with E-state index in [0.29, 0.717) is 36.0 Å². The molecule has 0 spiro atoms. The lowest BCUT2D eigenvalue weighted by molar-refractivity contribution is 0.0442. The summed E-state index contributed by atoms with van der Waals surface area (Å²) in [6.07, 6.45) is 11.5. The highest BCUT2D eigenvalue weighted by molar-refractivity contribution is 6.03. The summed E-state index contributed by atoms with van der Waals surface area (Å²) in [7, 11) is 3.30. The number of β-amino-alcohol motifs (C(OH)–C–C–N with tert-alkyl or cyclic N) is 1. The fourth-order valence-electron chi connectivity index (χ4n) is 7.95. The lowest BCUT2D eigenvalue weighted by Gasteiger charge is -2.38. The largest absolute Gasteiger partial charge is 0.508 e. The number of hydrogen-bond donors (Lipinski definition) is 2. The van der Waals surface area contributed by atoms with Gasteiger partial charge in [0.2, 0.25) is 0 Å². The van der Waals surface area contributed by atoms with E-state index >= 15 is 4.39 Å². The Morgan fingerprint density at radius 1 is 1.16 bits per heavy atom. The molecule has 262 valence electrons. The smallest absolute Gasteiger partial charge is 0.409 e. The van der Waals surface area contributed by atoms with Gasteiger partial charge in [0.15, 0.2) is 5.82 Å². The van der Waals surface area contributed by atoms with Crippen LogP contribution < -0.4 is 9.64 Å². The van der Waals surface area contributed by atoms with Gasteiger partial charge in [-0.3, -0.25) is 9.88 Å². The van der Waals surface area contributed by atoms with Gasteiger partial charge in [-0.25, -0.2) is 13.6 Å². The van der Waals surface area contributed by atoms with Gasteiger partial charge in [0.05, 0.1) is 22.1 Å². The molecular formula is C37H40F2N6O5. The summed E-state index contributed by atoms with van der Waals surface area (Å²) in [6, 6.07) is 5.42. The number of hydrogen-bond acceptors (Lipinski definition) is 10. The number of halogens is 2. The Hall–Kier alpha value is -4.80. The summed E-state index contributed by atoms with van der Waals surface area (Å²) in [6.45, 7) is 3.94. The minimum Gasteiger partial charge on any atom is -0.508 e. The molecule has 0 bridgehead atoms. The second-order valence-electron chi connectivity index (χ2n) is 14.2. The molecule has 3 fully saturated rings. The predicted octanol–water partition coefficient (Wildman–Crippen LogP) is 5.24. The first-order valence-corrected chi connectivity index (χ1v) is 16.9. The lowest BCUT2D eigenvalue weighted by atomic mass is 9.94. The molecular weight excluding hydrogens is 646 g/mol. The topological polar surface area (TPSA) is 124 Å². The molecule has 4 aromatic rings. The normalized spacial score (nSPS) is 23.6. The molecule has 0 radical (unpaired) electrons. The Morgan fingerprint density at radius 3 is 2.72 bits per heavy atom. The fraction of sp³-hybridized carbons (Fsp3) is 0.459. The quantitative estimate of drug-likeness (QED) is 0.250. The van der Waals surface area contributed by atoms with E-state index < -0.39 is 17.2 Å². The van der Waals surface area contributed by atoms with Crippen LogP contribution >= 0.6 is 0 Å². The molecule has 50 heavy (non-hydrogen) atoms. The Balaban J connectivity index is 1.29. The molecule has 3 aliphatic rings. The molecule has 13 heteroatoms. The van der Waals surface area contributed by atoms with Crippen LogP contribution in [-0.4, -0.2) is 105 Å². The molecule has 11 nitrogen and oxygen atoms in total. The number of benzene rings is 2. The third-order valence-electron chi connectivity index (χ3n) is 10.3. The van der Waals surface area contributed by atoms with Crippen LogP contribution in [0.15, 0.2) is 30.5 Å². The van der Waals surface area contributed by atoms with Gasteiger partial charge in [-0.15, -0.1) is 6.42 Å². The van der Waals surface area contributed by atoms with Gasteiger partial charge < -0.3 is 29.5 Å². The van der Waals surface area contributed by atoms with Crippen molar-refractivity contribution >= 4 is 33.6 Å². The van der Waals surface area contributed by atoms with Crippen molar-refractivity contribution in [1.82, 2.24) is 24.8 Å². The van der Waals surface area contributed by atoms with E-state index in [0.717, 1.165) is 32.2 Å². The number of nitrogens with zero attached hydrogens (tertiary/aromatic N) is 6. The number of ether oxygens (including phenoxy) is 2. The Bertz CT molecular complexity index is 2030. The van der Waals surface area contributed by atoms with Crippen LogP contribution in [0.25, 0.3) is 32.9 Å². The first-order chi connectivity index (χ1) is 23.9. The monoisotopic (exact) mass is 686 g/mol. The first kappa shape index (κ1) is 33.7. The lowest BCUT2D eigenvalue weighted by Crippen LogP contribution is -2.48. The summed E-state index contributed by atoms with van der Waals surface area (Å²) in [5.74, 6) is 1.10. The molecule has 0 unspecified atom stereocenters. The van der Waals surface area contributed by atoms with Gasteiger partial charge in [-0.05, 0) is 75.6 Å². The Kier molecular flexibility index (Phi) is 8.64. The number of terminal acetylenes is 1. The summed E-state index contributed by atoms with van der Waals surface area (Å²) >= 11 is 0. The van der Waals surface area contributed by atoms with Crippen molar-refractivity contribution in [2.75, 3.05) is 51.8 Å². The van der Waals surface area contributed by atoms with Crippen LogP contribution in [-0.2, 0) is 4.74 Å². The number of aromatic nitrogens is 3. The second-order valence-corrected chi connectivity index (χ2v) is 14.2. The van der Waals surface area contributed by atoms with Crippen molar-refractivity contribution in [2.45, 2.75) is 62.6 Å². The molecule has 0 saturated carbocycles. The van der Waals surface area contributed by atoms with E-state index in [4.69, 9.17) is 20.9 Å². The Morgan fingerprint density at radius 2 is 1.96 bits per heavy atom. The van der Waals surface area contributed by atoms with Crippen LogP contribution in [0.3, 0.4) is 0 Å². The number of aromatic hydroxyl groups is 1. The maximum absolute atomic E-state index is 16.9. The van der Waals surface area contributed by atoms with Crippen molar-refractivity contribution in [3.8, 4) is 35.4 Å². The van der Waals surface area contributed by atoms with Crippen molar-refractivity contribution in [1.29, 1.82) is 0 Å². The minimum absolute atomic E-state index is 0.0337. The predicted molar refractivity (Wildman–Crippen MR) is 184 cm³/mol. The highest BCUT2D eigenvalue weighted by Crippen LogP contribution is 2.44. The number of carbonyl (C=O) groups excluding carboxylic acids is 1. The number of anilines is 1. The minimum atomic E-state index is -0.989. The number of fused-ring (bicyclic) bond motifs is 3. The second kappa shape index (κ2) is 12.8. The SMILES string of the molecule is C#Cc1c(F)ccc2cc(O)cc(-c3ncc4c(N5CCC[C@@](C)(O)C5)nc(OC[C@]56CCCN5[C@H](COC(=O)N(C)C)CC6)nc4c3F)c12. The van der Waals surface area contributed by atoms with Crippen molar-refractivity contribution < 1.29 is 33.3 Å². The number of piperidine rings is 1. The van der Waals surface area contributed by atoms with E-state index in [9.17, 15) is 19.4 Å². The number of phenolic OH excluding ortho intramolecular Hbond substituents is 1. The standard InChI is InChI=1S/C37H40F2N6O5/c1-5-25-28(38)9-8-22-16-24(46)17-26(29(22)25)31-30(39)32-27(18-40-31)33(44-14-6-11-36(2,48)20-44)42-34(41-32)50-21-37-12-7-15-45(37)23(10-13-37)19-49-35(47)43(3)4/h1,8-9,16-18,23,46,48H,6-7,10-15,19-21H2,2-4H3/t23-,36+,37+/m0/s1.